The molecule has 1 N–H and O–H groups in total. The Kier molecular flexibility index (Phi) is 4.62. The minimum atomic E-state index is -1.34. The lowest BCUT2D eigenvalue weighted by Crippen LogP contribution is -2.51. The molecule has 0 aromatic rings. The van der Waals surface area contributed by atoms with Crippen molar-refractivity contribution in [3.05, 3.63) is 0 Å². The zero-order valence-corrected chi connectivity index (χ0v) is 10.0. The highest BCUT2D eigenvalue weighted by molar-refractivity contribution is 6.17. The van der Waals surface area contributed by atoms with E-state index in [1.807, 2.05) is 0 Å². The lowest BCUT2D eigenvalue weighted by atomic mass is 9.95. The van der Waals surface area contributed by atoms with Crippen molar-refractivity contribution >= 4 is 17.7 Å². The maximum Gasteiger partial charge on any atom is 0.326 e. The van der Waals surface area contributed by atoms with Crippen LogP contribution in [0.4, 0.5) is 0 Å². The average molecular weight is 243 g/mol. The maximum absolute atomic E-state index is 11.9. The highest BCUT2D eigenvalue weighted by atomic mass is 16.5. The number of aliphatic hydroxyl groups is 1. The summed E-state index contributed by atoms with van der Waals surface area (Å²) < 4.78 is 4.71. The van der Waals surface area contributed by atoms with Crippen LogP contribution in [0.3, 0.4) is 0 Å². The molecule has 0 aromatic carbocycles. The maximum atomic E-state index is 11.9. The molecule has 17 heavy (non-hydrogen) atoms. The van der Waals surface area contributed by atoms with Gasteiger partial charge in [0, 0.05) is 19.5 Å². The Morgan fingerprint density at radius 1 is 1.59 bits per heavy atom. The Morgan fingerprint density at radius 3 is 2.76 bits per heavy atom. The molecule has 0 unspecified atom stereocenters. The summed E-state index contributed by atoms with van der Waals surface area (Å²) >= 11 is 0. The van der Waals surface area contributed by atoms with Crippen molar-refractivity contribution in [3.8, 4) is 0 Å². The quantitative estimate of drug-likeness (QED) is 0.524. The van der Waals surface area contributed by atoms with Gasteiger partial charge in [0.15, 0.2) is 11.7 Å². The van der Waals surface area contributed by atoms with Gasteiger partial charge in [0.05, 0.1) is 12.7 Å². The summed E-state index contributed by atoms with van der Waals surface area (Å²) in [4.78, 5) is 36.2. The number of Topliss-reactive ketones (excluding diaryl/α,β-unsaturated/α-hetero) is 1. The van der Waals surface area contributed by atoms with Gasteiger partial charge in [0.2, 0.25) is 5.91 Å². The lowest BCUT2D eigenvalue weighted by molar-refractivity contribution is -0.161. The number of piperidine rings is 1. The molecule has 1 aliphatic rings. The van der Waals surface area contributed by atoms with E-state index in [4.69, 9.17) is 4.74 Å². The molecule has 0 radical (unpaired) electrons. The van der Waals surface area contributed by atoms with Gasteiger partial charge in [-0.2, -0.15) is 0 Å². The van der Waals surface area contributed by atoms with Crippen molar-refractivity contribution in [2.75, 3.05) is 19.7 Å². The molecule has 6 heteroatoms. The average Bonchev–Trinajstić information content (AvgIpc) is 2.22. The summed E-state index contributed by atoms with van der Waals surface area (Å²) in [5.41, 5.74) is 0. The zero-order valence-electron chi connectivity index (χ0n) is 10.0. The van der Waals surface area contributed by atoms with E-state index in [-0.39, 0.29) is 26.1 Å². The number of β-amino-alcohol motifs (C(OH)–C–C–N with tert-alkyl or cyclic N) is 1. The third kappa shape index (κ3) is 3.26. The van der Waals surface area contributed by atoms with Crippen molar-refractivity contribution < 1.29 is 24.2 Å². The first-order valence-electron chi connectivity index (χ1n) is 5.63. The molecule has 0 spiro atoms. The van der Waals surface area contributed by atoms with E-state index in [0.29, 0.717) is 0 Å². The van der Waals surface area contributed by atoms with Crippen molar-refractivity contribution in [1.29, 1.82) is 0 Å². The second-order valence-electron chi connectivity index (χ2n) is 4.03. The summed E-state index contributed by atoms with van der Waals surface area (Å²) in [7, 11) is 0. The third-order valence-electron chi connectivity index (χ3n) is 2.52. The van der Waals surface area contributed by atoms with Crippen molar-refractivity contribution in [2.24, 2.45) is 5.92 Å². The molecule has 1 rings (SSSR count). The van der Waals surface area contributed by atoms with Gasteiger partial charge in [0.1, 0.15) is 0 Å². The standard InChI is InChI=1S/C11H17NO5/c1-3-17-11(16)9-8(14)4-5-12(10(9)15)6-7(2)13/h7,9,13H,3-6H2,1-2H3/t7-,9+/m1/s1. The number of rotatable bonds is 4. The van der Waals surface area contributed by atoms with Crippen LogP contribution in [0.5, 0.6) is 0 Å². The number of hydrogen-bond acceptors (Lipinski definition) is 5. The topological polar surface area (TPSA) is 83.9 Å². The summed E-state index contributed by atoms with van der Waals surface area (Å²) in [6.45, 7) is 3.67. The number of nitrogens with zero attached hydrogens (tertiary/aromatic N) is 1. The molecule has 1 aliphatic heterocycles. The molecule has 0 aliphatic carbocycles. The first-order valence-corrected chi connectivity index (χ1v) is 5.63. The number of amides is 1. The molecule has 1 saturated heterocycles. The Hall–Kier alpha value is -1.43. The van der Waals surface area contributed by atoms with Crippen LogP contribution in [0.25, 0.3) is 0 Å². The van der Waals surface area contributed by atoms with Crippen LogP contribution in [0.1, 0.15) is 20.3 Å². The first-order chi connectivity index (χ1) is 7.97. The lowest BCUT2D eigenvalue weighted by Gasteiger charge is -2.31. The number of esters is 1. The molecule has 0 aromatic heterocycles. The molecule has 6 nitrogen and oxygen atoms in total. The van der Waals surface area contributed by atoms with Gasteiger partial charge in [-0.1, -0.05) is 0 Å². The second kappa shape index (κ2) is 5.77. The van der Waals surface area contributed by atoms with Crippen molar-refractivity contribution in [3.63, 3.8) is 0 Å². The van der Waals surface area contributed by atoms with E-state index in [9.17, 15) is 19.5 Å². The second-order valence-corrected chi connectivity index (χ2v) is 4.03. The molecule has 1 fully saturated rings. The van der Waals surface area contributed by atoms with Crippen molar-refractivity contribution in [2.45, 2.75) is 26.4 Å². The predicted octanol–water partition coefficient (Wildman–Crippen LogP) is -0.652. The van der Waals surface area contributed by atoms with Crippen molar-refractivity contribution in [1.82, 2.24) is 4.90 Å². The smallest absolute Gasteiger partial charge is 0.326 e. The van der Waals surface area contributed by atoms with Crippen LogP contribution in [0, 0.1) is 5.92 Å². The number of likely N-dealkylation sites (tertiary alicyclic amines) is 1. The number of carbonyl (C=O) groups is 3. The molecule has 96 valence electrons. The van der Waals surface area contributed by atoms with E-state index < -0.39 is 29.7 Å². The molecular weight excluding hydrogens is 226 g/mol. The Bertz CT molecular complexity index is 326. The van der Waals surface area contributed by atoms with E-state index >= 15 is 0 Å². The Labute approximate surface area is 99.5 Å². The first kappa shape index (κ1) is 13.6. The van der Waals surface area contributed by atoms with Crippen LogP contribution < -0.4 is 0 Å². The number of ketones is 1. The number of aliphatic hydroxyl groups excluding tert-OH is 1. The third-order valence-corrected chi connectivity index (χ3v) is 2.52. The van der Waals surface area contributed by atoms with Gasteiger partial charge in [-0.15, -0.1) is 0 Å². The highest BCUT2D eigenvalue weighted by Gasteiger charge is 2.41. The van der Waals surface area contributed by atoms with Gasteiger partial charge in [-0.25, -0.2) is 0 Å². The zero-order chi connectivity index (χ0) is 13.0. The SMILES string of the molecule is CCOC(=O)[C@H]1C(=O)CCN(C[C@@H](C)O)C1=O. The minimum absolute atomic E-state index is 0.127. The molecule has 1 amide bonds. The summed E-state index contributed by atoms with van der Waals surface area (Å²) in [6, 6.07) is 0. The fourth-order valence-corrected chi connectivity index (χ4v) is 1.78. The van der Waals surface area contributed by atoms with Gasteiger partial charge in [-0.05, 0) is 13.8 Å². The molecule has 0 bridgehead atoms. The van der Waals surface area contributed by atoms with Crippen LogP contribution in [-0.2, 0) is 19.1 Å². The summed E-state index contributed by atoms with van der Waals surface area (Å²) in [6.07, 6.45) is -0.558. The van der Waals surface area contributed by atoms with E-state index in [2.05, 4.69) is 0 Å². The van der Waals surface area contributed by atoms with Gasteiger partial charge >= 0.3 is 5.97 Å². The van der Waals surface area contributed by atoms with Crippen LogP contribution >= 0.6 is 0 Å². The predicted molar refractivity (Wildman–Crippen MR) is 58.0 cm³/mol. The van der Waals surface area contributed by atoms with Gasteiger partial charge in [0.25, 0.3) is 0 Å². The molecule has 2 atom stereocenters. The Balaban J connectivity index is 2.76. The monoisotopic (exact) mass is 243 g/mol. The molecule has 0 saturated carbocycles. The van der Waals surface area contributed by atoms with E-state index in [1.54, 1.807) is 13.8 Å². The number of ether oxygens (including phenoxy) is 1. The van der Waals surface area contributed by atoms with Gasteiger partial charge in [-0.3, -0.25) is 14.4 Å². The van der Waals surface area contributed by atoms with Crippen LogP contribution in [0.2, 0.25) is 0 Å². The number of hydrogen-bond donors (Lipinski definition) is 1. The van der Waals surface area contributed by atoms with E-state index in [0.717, 1.165) is 0 Å². The fourth-order valence-electron chi connectivity index (χ4n) is 1.78. The van der Waals surface area contributed by atoms with E-state index in [1.165, 1.54) is 4.90 Å². The fraction of sp³-hybridized carbons (Fsp3) is 0.727. The normalized spacial score (nSPS) is 22.5. The van der Waals surface area contributed by atoms with Crippen LogP contribution in [-0.4, -0.2) is 53.5 Å². The molecular formula is C11H17NO5. The minimum Gasteiger partial charge on any atom is -0.465 e. The number of carbonyl (C=O) groups excluding carboxylic acids is 3. The van der Waals surface area contributed by atoms with Crippen LogP contribution in [0.15, 0.2) is 0 Å². The summed E-state index contributed by atoms with van der Waals surface area (Å²) in [5, 5.41) is 9.22. The summed E-state index contributed by atoms with van der Waals surface area (Å²) in [5.74, 6) is -3.11. The van der Waals surface area contributed by atoms with Gasteiger partial charge < -0.3 is 14.7 Å². The Morgan fingerprint density at radius 2 is 2.24 bits per heavy atom. The largest absolute Gasteiger partial charge is 0.465 e. The molecule has 1 heterocycles. The highest BCUT2D eigenvalue weighted by Crippen LogP contribution is 2.16.